The first-order valence-electron chi connectivity index (χ1n) is 8.41. The third-order valence-electron chi connectivity index (χ3n) is 4.16. The van der Waals surface area contributed by atoms with E-state index in [9.17, 15) is 8.42 Å². The summed E-state index contributed by atoms with van der Waals surface area (Å²) in [5, 5.41) is 4.37. The zero-order valence-corrected chi connectivity index (χ0v) is 15.9. The van der Waals surface area contributed by atoms with Gasteiger partial charge in [-0.3, -0.25) is 9.67 Å². The van der Waals surface area contributed by atoms with Crippen molar-refractivity contribution in [2.45, 2.75) is 31.2 Å². The van der Waals surface area contributed by atoms with Crippen LogP contribution in [0.5, 0.6) is 0 Å². The summed E-state index contributed by atoms with van der Waals surface area (Å²) >= 11 is 0. The van der Waals surface area contributed by atoms with E-state index in [0.29, 0.717) is 11.6 Å². The molecule has 0 fully saturated rings. The van der Waals surface area contributed by atoms with Gasteiger partial charge in [0.25, 0.3) is 0 Å². The summed E-state index contributed by atoms with van der Waals surface area (Å²) in [5.74, 6) is 0.359. The molecule has 0 bridgehead atoms. The van der Waals surface area contributed by atoms with E-state index in [2.05, 4.69) is 28.7 Å². The Balaban J connectivity index is 1.74. The highest BCUT2D eigenvalue weighted by molar-refractivity contribution is 7.89. The molecule has 0 aliphatic rings. The van der Waals surface area contributed by atoms with Crippen molar-refractivity contribution in [2.24, 2.45) is 7.05 Å². The average molecular weight is 370 g/mol. The minimum absolute atomic E-state index is 0.120. The summed E-state index contributed by atoms with van der Waals surface area (Å²) in [7, 11) is -1.77. The Morgan fingerprint density at radius 3 is 2.46 bits per heavy atom. The zero-order chi connectivity index (χ0) is 18.7. The Labute approximate surface area is 154 Å². The lowest BCUT2D eigenvalue weighted by Gasteiger charge is -2.08. The molecule has 3 rings (SSSR count). The molecule has 1 N–H and O–H groups in total. The van der Waals surface area contributed by atoms with Gasteiger partial charge in [0.05, 0.1) is 28.5 Å². The fourth-order valence-corrected chi connectivity index (χ4v) is 3.65. The maximum atomic E-state index is 12.5. The number of rotatable bonds is 6. The number of pyridine rings is 1. The van der Waals surface area contributed by atoms with Crippen molar-refractivity contribution in [1.29, 1.82) is 0 Å². The van der Waals surface area contributed by atoms with E-state index in [1.165, 1.54) is 0 Å². The van der Waals surface area contributed by atoms with E-state index in [0.717, 1.165) is 17.0 Å². The Kier molecular flexibility index (Phi) is 5.20. The van der Waals surface area contributed by atoms with Gasteiger partial charge in [-0.15, -0.1) is 0 Å². The van der Waals surface area contributed by atoms with Crippen molar-refractivity contribution in [3.63, 3.8) is 0 Å². The maximum absolute atomic E-state index is 12.5. The van der Waals surface area contributed by atoms with Crippen LogP contribution in [0.15, 0.2) is 59.6 Å². The first-order valence-corrected chi connectivity index (χ1v) is 9.89. The molecular weight excluding hydrogens is 348 g/mol. The molecule has 26 heavy (non-hydrogen) atoms. The van der Waals surface area contributed by atoms with Crippen LogP contribution in [0.2, 0.25) is 0 Å². The molecule has 0 radical (unpaired) electrons. The Morgan fingerprint density at radius 2 is 1.85 bits per heavy atom. The largest absolute Gasteiger partial charge is 0.266 e. The quantitative estimate of drug-likeness (QED) is 0.723. The van der Waals surface area contributed by atoms with Crippen molar-refractivity contribution in [3.05, 3.63) is 66.0 Å². The highest BCUT2D eigenvalue weighted by Crippen LogP contribution is 2.19. The number of aryl methyl sites for hydroxylation is 1. The molecule has 136 valence electrons. The van der Waals surface area contributed by atoms with Gasteiger partial charge in [0, 0.05) is 13.2 Å². The minimum atomic E-state index is -3.58. The fourth-order valence-electron chi connectivity index (χ4n) is 2.65. The molecule has 6 nitrogen and oxygen atoms in total. The van der Waals surface area contributed by atoms with Crippen molar-refractivity contribution in [2.75, 3.05) is 0 Å². The van der Waals surface area contributed by atoms with Crippen LogP contribution in [0.3, 0.4) is 0 Å². The molecule has 2 heterocycles. The maximum Gasteiger partial charge on any atom is 0.240 e. The predicted molar refractivity (Wildman–Crippen MR) is 101 cm³/mol. The lowest BCUT2D eigenvalue weighted by atomic mass is 10.0. The van der Waals surface area contributed by atoms with Gasteiger partial charge in [0.2, 0.25) is 10.0 Å². The van der Waals surface area contributed by atoms with Crippen LogP contribution in [0.25, 0.3) is 11.4 Å². The van der Waals surface area contributed by atoms with Crippen LogP contribution in [-0.4, -0.2) is 23.2 Å². The van der Waals surface area contributed by atoms with Crippen molar-refractivity contribution >= 4 is 10.0 Å². The smallest absolute Gasteiger partial charge is 0.240 e. The Bertz CT molecular complexity index is 978. The molecule has 7 heteroatoms. The molecule has 0 amide bonds. The van der Waals surface area contributed by atoms with Gasteiger partial charge in [-0.25, -0.2) is 13.1 Å². The Hall–Kier alpha value is -2.51. The van der Waals surface area contributed by atoms with E-state index in [4.69, 9.17) is 0 Å². The van der Waals surface area contributed by atoms with Gasteiger partial charge >= 0.3 is 0 Å². The number of hydrogen-bond acceptors (Lipinski definition) is 4. The van der Waals surface area contributed by atoms with Gasteiger partial charge in [-0.2, -0.15) is 5.10 Å². The van der Waals surface area contributed by atoms with E-state index < -0.39 is 10.0 Å². The lowest BCUT2D eigenvalue weighted by Crippen LogP contribution is -2.23. The van der Waals surface area contributed by atoms with Crippen LogP contribution < -0.4 is 4.72 Å². The molecule has 3 aromatic rings. The summed E-state index contributed by atoms with van der Waals surface area (Å²) in [5.41, 5.74) is 3.37. The molecule has 0 aliphatic heterocycles. The van der Waals surface area contributed by atoms with Crippen LogP contribution in [0.1, 0.15) is 31.0 Å². The van der Waals surface area contributed by atoms with E-state index in [1.54, 1.807) is 23.0 Å². The first kappa shape index (κ1) is 18.3. The van der Waals surface area contributed by atoms with Crippen LogP contribution >= 0.6 is 0 Å². The second-order valence-corrected chi connectivity index (χ2v) is 8.17. The number of hydrogen-bond donors (Lipinski definition) is 1. The first-order chi connectivity index (χ1) is 12.4. The number of sulfonamides is 1. The highest BCUT2D eigenvalue weighted by Gasteiger charge is 2.16. The van der Waals surface area contributed by atoms with E-state index in [-0.39, 0.29) is 11.4 Å². The van der Waals surface area contributed by atoms with E-state index in [1.807, 2.05) is 43.4 Å². The molecule has 0 aliphatic carbocycles. The topological polar surface area (TPSA) is 76.9 Å². The Morgan fingerprint density at radius 1 is 1.12 bits per heavy atom. The lowest BCUT2D eigenvalue weighted by molar-refractivity contribution is 0.579. The number of nitrogens with zero attached hydrogens (tertiary/aromatic N) is 3. The standard InChI is InChI=1S/C19H22N4O2S/c1-14(2)15-7-9-17(10-8-15)26(24,25)21-13-16-12-19(23(3)22-16)18-6-4-5-11-20-18/h4-12,14,21H,13H2,1-3H3. The predicted octanol–water partition coefficient (Wildman–Crippen LogP) is 3.08. The molecule has 0 saturated carbocycles. The van der Waals surface area contributed by atoms with Gasteiger partial charge in [-0.05, 0) is 41.8 Å². The van der Waals surface area contributed by atoms with Crippen LogP contribution in [-0.2, 0) is 23.6 Å². The average Bonchev–Trinajstić information content (AvgIpc) is 3.02. The molecule has 0 spiro atoms. The number of benzene rings is 1. The van der Waals surface area contributed by atoms with Gasteiger partial charge in [-0.1, -0.05) is 32.0 Å². The molecule has 0 saturated heterocycles. The van der Waals surface area contributed by atoms with Gasteiger partial charge in [0.1, 0.15) is 0 Å². The normalized spacial score (nSPS) is 11.8. The molecule has 0 unspecified atom stereocenters. The molecule has 2 aromatic heterocycles. The second kappa shape index (κ2) is 7.39. The summed E-state index contributed by atoms with van der Waals surface area (Å²) in [4.78, 5) is 4.56. The second-order valence-electron chi connectivity index (χ2n) is 6.41. The SMILES string of the molecule is CC(C)c1ccc(S(=O)(=O)NCc2cc(-c3ccccn3)n(C)n2)cc1. The number of nitrogens with one attached hydrogen (secondary N) is 1. The minimum Gasteiger partial charge on any atom is -0.266 e. The summed E-state index contributed by atoms with van der Waals surface area (Å²) < 4.78 is 29.3. The number of aromatic nitrogens is 3. The van der Waals surface area contributed by atoms with Crippen LogP contribution in [0, 0.1) is 0 Å². The van der Waals surface area contributed by atoms with Crippen molar-refractivity contribution in [1.82, 2.24) is 19.5 Å². The van der Waals surface area contributed by atoms with Crippen molar-refractivity contribution in [3.8, 4) is 11.4 Å². The third-order valence-corrected chi connectivity index (χ3v) is 5.58. The summed E-state index contributed by atoms with van der Waals surface area (Å²) in [6.45, 7) is 4.26. The molecule has 0 atom stereocenters. The summed E-state index contributed by atoms with van der Waals surface area (Å²) in [6.07, 6.45) is 1.71. The highest BCUT2D eigenvalue weighted by atomic mass is 32.2. The third kappa shape index (κ3) is 4.00. The summed E-state index contributed by atoms with van der Waals surface area (Å²) in [6, 6.07) is 14.4. The van der Waals surface area contributed by atoms with Crippen LogP contribution in [0.4, 0.5) is 0 Å². The van der Waals surface area contributed by atoms with Crippen molar-refractivity contribution < 1.29 is 8.42 Å². The van der Waals surface area contributed by atoms with E-state index >= 15 is 0 Å². The monoisotopic (exact) mass is 370 g/mol. The van der Waals surface area contributed by atoms with Gasteiger partial charge < -0.3 is 0 Å². The molecule has 1 aromatic carbocycles. The zero-order valence-electron chi connectivity index (χ0n) is 15.0. The van der Waals surface area contributed by atoms with Gasteiger partial charge in [0.15, 0.2) is 0 Å². The fraction of sp³-hybridized carbons (Fsp3) is 0.263. The molecular formula is C19H22N4O2S.